The van der Waals surface area contributed by atoms with Crippen LogP contribution in [0.5, 0.6) is 0 Å². The van der Waals surface area contributed by atoms with E-state index in [-0.39, 0.29) is 11.6 Å². The van der Waals surface area contributed by atoms with Gasteiger partial charge in [-0.25, -0.2) is 0 Å². The van der Waals surface area contributed by atoms with Crippen LogP contribution in [0.25, 0.3) is 0 Å². The van der Waals surface area contributed by atoms with E-state index in [0.29, 0.717) is 24.3 Å². The standard InChI is InChI=1S/C18H22N2O2/c1-12-17(14(3)21)13(2)19-18(12)16(22)11-20(4)10-15-8-6-5-7-9-15/h5-9,19H,10-11H2,1-4H3. The lowest BCUT2D eigenvalue weighted by Crippen LogP contribution is -2.26. The van der Waals surface area contributed by atoms with Crippen molar-refractivity contribution in [3.8, 4) is 0 Å². The maximum atomic E-state index is 12.5. The molecular formula is C18H22N2O2. The number of aryl methyl sites for hydroxylation is 1. The molecule has 0 aliphatic carbocycles. The lowest BCUT2D eigenvalue weighted by Gasteiger charge is -2.15. The number of ketones is 2. The molecule has 0 saturated heterocycles. The maximum Gasteiger partial charge on any atom is 0.193 e. The predicted molar refractivity (Wildman–Crippen MR) is 87.4 cm³/mol. The summed E-state index contributed by atoms with van der Waals surface area (Å²) in [6.07, 6.45) is 0. The van der Waals surface area contributed by atoms with Gasteiger partial charge in [0.2, 0.25) is 0 Å². The molecule has 1 aromatic heterocycles. The Morgan fingerprint density at radius 3 is 2.32 bits per heavy atom. The number of Topliss-reactive ketones (excluding diaryl/α,β-unsaturated/α-hetero) is 2. The molecule has 1 heterocycles. The summed E-state index contributed by atoms with van der Waals surface area (Å²) in [4.78, 5) is 29.2. The summed E-state index contributed by atoms with van der Waals surface area (Å²) < 4.78 is 0. The van der Waals surface area contributed by atoms with E-state index in [2.05, 4.69) is 4.98 Å². The number of nitrogens with one attached hydrogen (secondary N) is 1. The molecule has 4 heteroatoms. The molecule has 1 aromatic carbocycles. The van der Waals surface area contributed by atoms with E-state index >= 15 is 0 Å². The van der Waals surface area contributed by atoms with Crippen molar-refractivity contribution in [3.63, 3.8) is 0 Å². The van der Waals surface area contributed by atoms with Crippen LogP contribution in [-0.4, -0.2) is 35.0 Å². The third-order valence-electron chi connectivity index (χ3n) is 3.78. The Kier molecular flexibility index (Phi) is 4.93. The minimum atomic E-state index is -0.0112. The van der Waals surface area contributed by atoms with Gasteiger partial charge >= 0.3 is 0 Å². The number of benzene rings is 1. The molecule has 0 saturated carbocycles. The Morgan fingerprint density at radius 2 is 1.77 bits per heavy atom. The van der Waals surface area contributed by atoms with Crippen molar-refractivity contribution in [2.24, 2.45) is 0 Å². The quantitative estimate of drug-likeness (QED) is 0.834. The van der Waals surface area contributed by atoms with Crippen LogP contribution in [0, 0.1) is 13.8 Å². The average molecular weight is 298 g/mol. The Labute approximate surface area is 131 Å². The summed E-state index contributed by atoms with van der Waals surface area (Å²) >= 11 is 0. The molecule has 22 heavy (non-hydrogen) atoms. The zero-order chi connectivity index (χ0) is 16.3. The number of carbonyl (C=O) groups is 2. The fourth-order valence-corrected chi connectivity index (χ4v) is 2.83. The van der Waals surface area contributed by atoms with Crippen molar-refractivity contribution in [3.05, 3.63) is 58.4 Å². The predicted octanol–water partition coefficient (Wildman–Crippen LogP) is 3.15. The highest BCUT2D eigenvalue weighted by Crippen LogP contribution is 2.19. The molecule has 2 rings (SSSR count). The third-order valence-corrected chi connectivity index (χ3v) is 3.78. The molecule has 0 radical (unpaired) electrons. The average Bonchev–Trinajstić information content (AvgIpc) is 2.75. The van der Waals surface area contributed by atoms with E-state index in [1.54, 1.807) is 0 Å². The molecule has 2 aromatic rings. The summed E-state index contributed by atoms with van der Waals surface area (Å²) in [5.74, 6) is -0.00512. The van der Waals surface area contributed by atoms with Gasteiger partial charge < -0.3 is 4.98 Å². The molecule has 0 amide bonds. The summed E-state index contributed by atoms with van der Waals surface area (Å²) in [7, 11) is 1.92. The summed E-state index contributed by atoms with van der Waals surface area (Å²) in [6.45, 7) is 6.20. The summed E-state index contributed by atoms with van der Waals surface area (Å²) in [5, 5.41) is 0. The Morgan fingerprint density at radius 1 is 1.14 bits per heavy atom. The number of aromatic nitrogens is 1. The van der Waals surface area contributed by atoms with Crippen LogP contribution in [0.2, 0.25) is 0 Å². The molecule has 1 N–H and O–H groups in total. The van der Waals surface area contributed by atoms with Gasteiger partial charge in [-0.15, -0.1) is 0 Å². The molecule has 0 aliphatic heterocycles. The van der Waals surface area contributed by atoms with Gasteiger partial charge in [-0.1, -0.05) is 30.3 Å². The molecule has 0 unspecified atom stereocenters. The molecule has 0 aliphatic rings. The smallest absolute Gasteiger partial charge is 0.193 e. The van der Waals surface area contributed by atoms with E-state index in [1.165, 1.54) is 12.5 Å². The van der Waals surface area contributed by atoms with Crippen LogP contribution in [-0.2, 0) is 6.54 Å². The first-order valence-electron chi connectivity index (χ1n) is 7.36. The molecule has 0 spiro atoms. The van der Waals surface area contributed by atoms with Gasteiger partial charge in [0.15, 0.2) is 11.6 Å². The van der Waals surface area contributed by atoms with Crippen molar-refractivity contribution < 1.29 is 9.59 Å². The SMILES string of the molecule is CC(=O)c1c(C)[nH]c(C(=O)CN(C)Cc2ccccc2)c1C. The fourth-order valence-electron chi connectivity index (χ4n) is 2.83. The minimum Gasteiger partial charge on any atom is -0.355 e. The maximum absolute atomic E-state index is 12.5. The van der Waals surface area contributed by atoms with Gasteiger partial charge in [0.25, 0.3) is 0 Å². The monoisotopic (exact) mass is 298 g/mol. The molecule has 0 atom stereocenters. The van der Waals surface area contributed by atoms with Gasteiger partial charge in [-0.05, 0) is 38.9 Å². The van der Waals surface area contributed by atoms with Crippen molar-refractivity contribution in [1.82, 2.24) is 9.88 Å². The van der Waals surface area contributed by atoms with Crippen molar-refractivity contribution in [1.29, 1.82) is 0 Å². The second kappa shape index (κ2) is 6.71. The van der Waals surface area contributed by atoms with E-state index in [4.69, 9.17) is 0 Å². The first-order chi connectivity index (χ1) is 10.4. The molecule has 116 valence electrons. The minimum absolute atomic E-state index is 0.00605. The number of nitrogens with zero attached hydrogens (tertiary/aromatic N) is 1. The van der Waals surface area contributed by atoms with Gasteiger partial charge in [-0.2, -0.15) is 0 Å². The van der Waals surface area contributed by atoms with Crippen LogP contribution < -0.4 is 0 Å². The molecule has 0 bridgehead atoms. The summed E-state index contributed by atoms with van der Waals surface area (Å²) in [6, 6.07) is 10.0. The van der Waals surface area contributed by atoms with Crippen LogP contribution in [0.1, 0.15) is 44.6 Å². The number of likely N-dealkylation sites (N-methyl/N-ethyl adjacent to an activating group) is 1. The second-order valence-electron chi connectivity index (χ2n) is 5.76. The summed E-state index contributed by atoms with van der Waals surface area (Å²) in [5.41, 5.74) is 3.86. The zero-order valence-electron chi connectivity index (χ0n) is 13.6. The van der Waals surface area contributed by atoms with Crippen molar-refractivity contribution in [2.45, 2.75) is 27.3 Å². The highest BCUT2D eigenvalue weighted by molar-refractivity contribution is 6.03. The first-order valence-corrected chi connectivity index (χ1v) is 7.36. The normalized spacial score (nSPS) is 11.0. The topological polar surface area (TPSA) is 53.2 Å². The van der Waals surface area contributed by atoms with Gasteiger partial charge in [0.05, 0.1) is 12.2 Å². The lowest BCUT2D eigenvalue weighted by molar-refractivity contribution is 0.0938. The largest absolute Gasteiger partial charge is 0.355 e. The van der Waals surface area contributed by atoms with Crippen LogP contribution in [0.4, 0.5) is 0 Å². The van der Waals surface area contributed by atoms with E-state index in [0.717, 1.165) is 11.3 Å². The molecule has 4 nitrogen and oxygen atoms in total. The molecule has 0 fully saturated rings. The van der Waals surface area contributed by atoms with E-state index in [9.17, 15) is 9.59 Å². The molecular weight excluding hydrogens is 276 g/mol. The van der Waals surface area contributed by atoms with Crippen LogP contribution in [0.15, 0.2) is 30.3 Å². The second-order valence-corrected chi connectivity index (χ2v) is 5.76. The van der Waals surface area contributed by atoms with Gasteiger partial charge in [0, 0.05) is 17.8 Å². The van der Waals surface area contributed by atoms with E-state index in [1.807, 2.05) is 56.1 Å². The van der Waals surface area contributed by atoms with Crippen LogP contribution >= 0.6 is 0 Å². The fraction of sp³-hybridized carbons (Fsp3) is 0.333. The number of carbonyl (C=O) groups excluding carboxylic acids is 2. The third kappa shape index (κ3) is 3.52. The Bertz CT molecular complexity index is 687. The highest BCUT2D eigenvalue weighted by atomic mass is 16.1. The number of hydrogen-bond acceptors (Lipinski definition) is 3. The Balaban J connectivity index is 2.09. The van der Waals surface area contributed by atoms with Crippen molar-refractivity contribution in [2.75, 3.05) is 13.6 Å². The number of hydrogen-bond donors (Lipinski definition) is 1. The van der Waals surface area contributed by atoms with Gasteiger partial charge in [0.1, 0.15) is 0 Å². The number of H-pyrrole nitrogens is 1. The van der Waals surface area contributed by atoms with Crippen molar-refractivity contribution >= 4 is 11.6 Å². The zero-order valence-corrected chi connectivity index (χ0v) is 13.6. The van der Waals surface area contributed by atoms with E-state index < -0.39 is 0 Å². The highest BCUT2D eigenvalue weighted by Gasteiger charge is 2.20. The van der Waals surface area contributed by atoms with Gasteiger partial charge in [-0.3, -0.25) is 14.5 Å². The Hall–Kier alpha value is -2.20. The number of aromatic amines is 1. The number of rotatable bonds is 6. The van der Waals surface area contributed by atoms with Crippen LogP contribution in [0.3, 0.4) is 0 Å². The first kappa shape index (κ1) is 16.2. The lowest BCUT2D eigenvalue weighted by atomic mass is 10.1.